The molecule has 0 amide bonds. The van der Waals surface area contributed by atoms with E-state index in [2.05, 4.69) is 43.9 Å². The van der Waals surface area contributed by atoms with Gasteiger partial charge in [0.1, 0.15) is 0 Å². The fraction of sp³-hybridized carbons (Fsp3) is 0.538. The number of aryl methyl sites for hydroxylation is 1. The Kier molecular flexibility index (Phi) is 2.47. The number of rotatable bonds is 1. The molecule has 1 saturated heterocycles. The fourth-order valence-corrected chi connectivity index (χ4v) is 2.27. The molecule has 0 aliphatic carbocycles. The zero-order chi connectivity index (χ0) is 11.1. The first kappa shape index (κ1) is 10.5. The molecule has 1 fully saturated rings. The zero-order valence-corrected chi connectivity index (χ0v) is 9.88. The van der Waals surface area contributed by atoms with Gasteiger partial charge in [-0.1, -0.05) is 12.1 Å². The summed E-state index contributed by atoms with van der Waals surface area (Å²) in [6.45, 7) is 8.54. The van der Waals surface area contributed by atoms with E-state index < -0.39 is 0 Å². The Morgan fingerprint density at radius 1 is 1.33 bits per heavy atom. The van der Waals surface area contributed by atoms with Gasteiger partial charge in [-0.25, -0.2) is 0 Å². The number of hydrogen-bond acceptors (Lipinski definition) is 2. The Hall–Kier alpha value is -1.02. The number of hydrogen-bond donors (Lipinski definition) is 1. The first-order valence-corrected chi connectivity index (χ1v) is 5.60. The minimum atomic E-state index is -0.0177. The SMILES string of the molecule is Cc1cccc(N2CCC(C)(N)C2)c1C. The summed E-state index contributed by atoms with van der Waals surface area (Å²) in [5, 5.41) is 0. The molecule has 0 aromatic heterocycles. The highest BCUT2D eigenvalue weighted by Gasteiger charge is 2.30. The van der Waals surface area contributed by atoms with Crippen LogP contribution >= 0.6 is 0 Å². The second kappa shape index (κ2) is 3.53. The minimum Gasteiger partial charge on any atom is -0.369 e. The van der Waals surface area contributed by atoms with Crippen molar-refractivity contribution in [1.29, 1.82) is 0 Å². The largest absolute Gasteiger partial charge is 0.369 e. The molecular formula is C13H20N2. The summed E-state index contributed by atoms with van der Waals surface area (Å²) < 4.78 is 0. The smallest absolute Gasteiger partial charge is 0.0399 e. The zero-order valence-electron chi connectivity index (χ0n) is 9.88. The van der Waals surface area contributed by atoms with Crippen LogP contribution in [0.25, 0.3) is 0 Å². The third-order valence-corrected chi connectivity index (χ3v) is 3.42. The molecule has 2 heteroatoms. The third kappa shape index (κ3) is 2.00. The van der Waals surface area contributed by atoms with E-state index in [0.717, 1.165) is 19.5 Å². The van der Waals surface area contributed by atoms with Crippen LogP contribution in [0, 0.1) is 13.8 Å². The van der Waals surface area contributed by atoms with Crippen molar-refractivity contribution in [2.45, 2.75) is 32.7 Å². The Balaban J connectivity index is 2.28. The van der Waals surface area contributed by atoms with E-state index >= 15 is 0 Å². The van der Waals surface area contributed by atoms with Gasteiger partial charge >= 0.3 is 0 Å². The van der Waals surface area contributed by atoms with E-state index in [1.807, 2.05) is 0 Å². The average molecular weight is 204 g/mol. The summed E-state index contributed by atoms with van der Waals surface area (Å²) in [5.41, 5.74) is 10.2. The Morgan fingerprint density at radius 2 is 2.07 bits per heavy atom. The first-order valence-electron chi connectivity index (χ1n) is 5.60. The van der Waals surface area contributed by atoms with Crippen LogP contribution < -0.4 is 10.6 Å². The van der Waals surface area contributed by atoms with Crippen molar-refractivity contribution in [1.82, 2.24) is 0 Å². The molecule has 1 aromatic carbocycles. The Bertz CT molecular complexity index is 369. The molecule has 1 heterocycles. The summed E-state index contributed by atoms with van der Waals surface area (Å²) in [7, 11) is 0. The molecule has 2 N–H and O–H groups in total. The van der Waals surface area contributed by atoms with E-state index in [9.17, 15) is 0 Å². The van der Waals surface area contributed by atoms with Gasteiger partial charge in [0.05, 0.1) is 0 Å². The molecule has 0 spiro atoms. The van der Waals surface area contributed by atoms with Crippen LogP contribution in [-0.2, 0) is 0 Å². The topological polar surface area (TPSA) is 29.3 Å². The van der Waals surface area contributed by atoms with Crippen LogP contribution in [0.1, 0.15) is 24.5 Å². The van der Waals surface area contributed by atoms with Gasteiger partial charge < -0.3 is 10.6 Å². The molecular weight excluding hydrogens is 184 g/mol. The number of nitrogens with zero attached hydrogens (tertiary/aromatic N) is 1. The number of benzene rings is 1. The Labute approximate surface area is 92.1 Å². The molecule has 1 aliphatic heterocycles. The van der Waals surface area contributed by atoms with Crippen molar-refractivity contribution in [2.75, 3.05) is 18.0 Å². The third-order valence-electron chi connectivity index (χ3n) is 3.42. The van der Waals surface area contributed by atoms with Crippen LogP contribution in [0.2, 0.25) is 0 Å². The van der Waals surface area contributed by atoms with Crippen LogP contribution in [0.3, 0.4) is 0 Å². The van der Waals surface area contributed by atoms with Crippen molar-refractivity contribution in [3.63, 3.8) is 0 Å². The molecule has 1 aromatic rings. The van der Waals surface area contributed by atoms with Crippen molar-refractivity contribution in [3.05, 3.63) is 29.3 Å². The lowest BCUT2D eigenvalue weighted by Gasteiger charge is -2.24. The highest BCUT2D eigenvalue weighted by Crippen LogP contribution is 2.28. The molecule has 0 bridgehead atoms. The van der Waals surface area contributed by atoms with Crippen LogP contribution in [-0.4, -0.2) is 18.6 Å². The van der Waals surface area contributed by atoms with E-state index in [0.29, 0.717) is 0 Å². The summed E-state index contributed by atoms with van der Waals surface area (Å²) in [6.07, 6.45) is 1.08. The summed E-state index contributed by atoms with van der Waals surface area (Å²) in [5.74, 6) is 0. The van der Waals surface area contributed by atoms with Crippen LogP contribution in [0.5, 0.6) is 0 Å². The molecule has 1 unspecified atom stereocenters. The first-order chi connectivity index (χ1) is 6.99. The molecule has 82 valence electrons. The average Bonchev–Trinajstić information content (AvgIpc) is 2.51. The normalized spacial score (nSPS) is 26.0. The number of nitrogens with two attached hydrogens (primary N) is 1. The molecule has 2 nitrogen and oxygen atoms in total. The molecule has 2 rings (SSSR count). The van der Waals surface area contributed by atoms with Crippen molar-refractivity contribution in [3.8, 4) is 0 Å². The Morgan fingerprint density at radius 3 is 2.67 bits per heavy atom. The van der Waals surface area contributed by atoms with Gasteiger partial charge in [0.2, 0.25) is 0 Å². The highest BCUT2D eigenvalue weighted by atomic mass is 15.2. The lowest BCUT2D eigenvalue weighted by molar-refractivity contribution is 0.525. The van der Waals surface area contributed by atoms with Gasteiger partial charge in [-0.3, -0.25) is 0 Å². The minimum absolute atomic E-state index is 0.0177. The van der Waals surface area contributed by atoms with Crippen molar-refractivity contribution >= 4 is 5.69 Å². The number of anilines is 1. The predicted molar refractivity (Wildman–Crippen MR) is 65.3 cm³/mol. The predicted octanol–water partition coefficient (Wildman–Crippen LogP) is 2.23. The van der Waals surface area contributed by atoms with Gasteiger partial charge in [-0.15, -0.1) is 0 Å². The molecule has 1 atom stereocenters. The maximum atomic E-state index is 6.15. The van der Waals surface area contributed by atoms with Gasteiger partial charge in [0.15, 0.2) is 0 Å². The quantitative estimate of drug-likeness (QED) is 0.760. The maximum Gasteiger partial charge on any atom is 0.0399 e. The van der Waals surface area contributed by atoms with E-state index in [-0.39, 0.29) is 5.54 Å². The molecule has 15 heavy (non-hydrogen) atoms. The van der Waals surface area contributed by atoms with Crippen LogP contribution in [0.15, 0.2) is 18.2 Å². The van der Waals surface area contributed by atoms with Crippen molar-refractivity contribution in [2.24, 2.45) is 5.73 Å². The van der Waals surface area contributed by atoms with Crippen molar-refractivity contribution < 1.29 is 0 Å². The molecule has 0 saturated carbocycles. The van der Waals surface area contributed by atoms with Crippen LogP contribution in [0.4, 0.5) is 5.69 Å². The monoisotopic (exact) mass is 204 g/mol. The lowest BCUT2D eigenvalue weighted by Crippen LogP contribution is -2.39. The second-order valence-corrected chi connectivity index (χ2v) is 5.04. The van der Waals surface area contributed by atoms with Gasteiger partial charge in [0, 0.05) is 24.3 Å². The summed E-state index contributed by atoms with van der Waals surface area (Å²) in [6, 6.07) is 6.49. The molecule has 1 aliphatic rings. The summed E-state index contributed by atoms with van der Waals surface area (Å²) in [4.78, 5) is 2.41. The fourth-order valence-electron chi connectivity index (χ4n) is 2.27. The van der Waals surface area contributed by atoms with Gasteiger partial charge in [-0.2, -0.15) is 0 Å². The summed E-state index contributed by atoms with van der Waals surface area (Å²) >= 11 is 0. The second-order valence-electron chi connectivity index (χ2n) is 5.04. The van der Waals surface area contributed by atoms with Gasteiger partial charge in [-0.05, 0) is 44.4 Å². The van der Waals surface area contributed by atoms with Gasteiger partial charge in [0.25, 0.3) is 0 Å². The maximum absolute atomic E-state index is 6.15. The lowest BCUT2D eigenvalue weighted by atomic mass is 10.0. The van der Waals surface area contributed by atoms with E-state index in [4.69, 9.17) is 5.73 Å². The standard InChI is InChI=1S/C13H20N2/c1-10-5-4-6-12(11(10)2)15-8-7-13(3,14)9-15/h4-6H,7-9,14H2,1-3H3. The van der Waals surface area contributed by atoms with E-state index in [1.165, 1.54) is 16.8 Å². The highest BCUT2D eigenvalue weighted by molar-refractivity contribution is 5.57. The van der Waals surface area contributed by atoms with E-state index in [1.54, 1.807) is 0 Å². The molecule has 0 radical (unpaired) electrons.